The molecular formula is C16H19NO4S. The average Bonchev–Trinajstić information content (AvgIpc) is 2.46. The summed E-state index contributed by atoms with van der Waals surface area (Å²) in [5, 5.41) is 0. The van der Waals surface area contributed by atoms with E-state index in [9.17, 15) is 8.42 Å². The van der Waals surface area contributed by atoms with E-state index in [1.54, 1.807) is 31.2 Å². The van der Waals surface area contributed by atoms with E-state index in [1.165, 1.54) is 20.3 Å². The largest absolute Gasteiger partial charge is 0.493 e. The molecule has 5 nitrogen and oxygen atoms in total. The van der Waals surface area contributed by atoms with Gasteiger partial charge in [0.25, 0.3) is 10.0 Å². The number of anilines is 1. The first-order valence-corrected chi connectivity index (χ1v) is 8.18. The number of ether oxygens (including phenoxy) is 2. The first-order valence-electron chi connectivity index (χ1n) is 6.69. The lowest BCUT2D eigenvalue weighted by Crippen LogP contribution is -2.14. The normalized spacial score (nSPS) is 11.1. The molecule has 0 aliphatic carbocycles. The fraction of sp³-hybridized carbons (Fsp3) is 0.250. The van der Waals surface area contributed by atoms with Crippen molar-refractivity contribution in [1.82, 2.24) is 0 Å². The molecular weight excluding hydrogens is 302 g/mol. The van der Waals surface area contributed by atoms with Crippen LogP contribution in [-0.2, 0) is 10.0 Å². The van der Waals surface area contributed by atoms with Gasteiger partial charge >= 0.3 is 0 Å². The molecule has 0 unspecified atom stereocenters. The molecule has 0 fully saturated rings. The number of methoxy groups -OCH3 is 2. The van der Waals surface area contributed by atoms with Crippen LogP contribution >= 0.6 is 0 Å². The van der Waals surface area contributed by atoms with Crippen LogP contribution in [0.2, 0.25) is 0 Å². The summed E-state index contributed by atoms with van der Waals surface area (Å²) in [4.78, 5) is 0.159. The van der Waals surface area contributed by atoms with Gasteiger partial charge in [-0.15, -0.1) is 0 Å². The molecule has 0 heterocycles. The van der Waals surface area contributed by atoms with E-state index in [0.717, 1.165) is 5.56 Å². The highest BCUT2D eigenvalue weighted by molar-refractivity contribution is 7.92. The van der Waals surface area contributed by atoms with E-state index in [0.29, 0.717) is 22.7 Å². The Morgan fingerprint density at radius 1 is 0.955 bits per heavy atom. The first-order chi connectivity index (χ1) is 10.4. The van der Waals surface area contributed by atoms with Crippen molar-refractivity contribution in [1.29, 1.82) is 0 Å². The van der Waals surface area contributed by atoms with Gasteiger partial charge < -0.3 is 9.47 Å². The fourth-order valence-electron chi connectivity index (χ4n) is 2.17. The summed E-state index contributed by atoms with van der Waals surface area (Å²) in [6.07, 6.45) is 0. The highest BCUT2D eigenvalue weighted by atomic mass is 32.2. The number of rotatable bonds is 5. The number of aryl methyl sites for hydroxylation is 2. The van der Waals surface area contributed by atoms with E-state index in [-0.39, 0.29) is 4.90 Å². The van der Waals surface area contributed by atoms with Gasteiger partial charge in [0.15, 0.2) is 11.5 Å². The topological polar surface area (TPSA) is 64.6 Å². The summed E-state index contributed by atoms with van der Waals surface area (Å²) in [6, 6.07) is 10.3. The molecule has 0 atom stereocenters. The van der Waals surface area contributed by atoms with Crippen LogP contribution in [0.5, 0.6) is 11.5 Å². The minimum atomic E-state index is -3.70. The Bertz CT molecular complexity index is 785. The molecule has 0 saturated heterocycles. The average molecular weight is 321 g/mol. The quantitative estimate of drug-likeness (QED) is 0.919. The van der Waals surface area contributed by atoms with E-state index < -0.39 is 10.0 Å². The van der Waals surface area contributed by atoms with Gasteiger partial charge in [-0.1, -0.05) is 12.1 Å². The molecule has 2 aromatic carbocycles. The van der Waals surface area contributed by atoms with E-state index in [2.05, 4.69) is 4.72 Å². The lowest BCUT2D eigenvalue weighted by molar-refractivity contribution is 0.353. The molecule has 0 amide bonds. The van der Waals surface area contributed by atoms with Crippen LogP contribution in [0, 0.1) is 13.8 Å². The molecule has 0 spiro atoms. The van der Waals surface area contributed by atoms with Crippen molar-refractivity contribution in [3.05, 3.63) is 47.5 Å². The van der Waals surface area contributed by atoms with Crippen molar-refractivity contribution in [3.8, 4) is 11.5 Å². The summed E-state index contributed by atoms with van der Waals surface area (Å²) >= 11 is 0. The number of benzene rings is 2. The predicted molar refractivity (Wildman–Crippen MR) is 86.3 cm³/mol. The Morgan fingerprint density at radius 2 is 1.59 bits per heavy atom. The SMILES string of the molecule is COc1cc(C)c(S(=O)(=O)Nc2cccc(C)c2)cc1OC. The van der Waals surface area contributed by atoms with Crippen molar-refractivity contribution in [2.75, 3.05) is 18.9 Å². The third-order valence-electron chi connectivity index (χ3n) is 3.24. The van der Waals surface area contributed by atoms with Gasteiger partial charge in [0.2, 0.25) is 0 Å². The van der Waals surface area contributed by atoms with Crippen LogP contribution in [0.4, 0.5) is 5.69 Å². The maximum atomic E-state index is 12.6. The maximum Gasteiger partial charge on any atom is 0.262 e. The summed E-state index contributed by atoms with van der Waals surface area (Å²) < 4.78 is 38.1. The molecule has 0 aliphatic heterocycles. The van der Waals surface area contributed by atoms with Gasteiger partial charge in [0.05, 0.1) is 19.1 Å². The zero-order chi connectivity index (χ0) is 16.3. The van der Waals surface area contributed by atoms with E-state index in [4.69, 9.17) is 9.47 Å². The summed E-state index contributed by atoms with van der Waals surface area (Å²) in [6.45, 7) is 3.62. The first kappa shape index (κ1) is 16.2. The van der Waals surface area contributed by atoms with E-state index in [1.807, 2.05) is 13.0 Å². The summed E-state index contributed by atoms with van der Waals surface area (Å²) in [5.41, 5.74) is 2.08. The second-order valence-electron chi connectivity index (χ2n) is 4.95. The molecule has 2 rings (SSSR count). The molecule has 0 bridgehead atoms. The third-order valence-corrected chi connectivity index (χ3v) is 4.76. The highest BCUT2D eigenvalue weighted by Gasteiger charge is 2.20. The maximum absolute atomic E-state index is 12.6. The van der Waals surface area contributed by atoms with Crippen LogP contribution in [0.3, 0.4) is 0 Å². The second kappa shape index (κ2) is 6.27. The van der Waals surface area contributed by atoms with Gasteiger partial charge in [-0.25, -0.2) is 8.42 Å². The highest BCUT2D eigenvalue weighted by Crippen LogP contribution is 2.33. The molecule has 0 aromatic heterocycles. The van der Waals surface area contributed by atoms with Crippen LogP contribution in [0.25, 0.3) is 0 Å². The summed E-state index contributed by atoms with van der Waals surface area (Å²) in [7, 11) is -0.724. The third kappa shape index (κ3) is 3.33. The van der Waals surface area contributed by atoms with Gasteiger partial charge in [-0.3, -0.25) is 4.72 Å². The van der Waals surface area contributed by atoms with Crippen LogP contribution in [0.1, 0.15) is 11.1 Å². The molecule has 0 aliphatic rings. The van der Waals surface area contributed by atoms with Gasteiger partial charge in [-0.2, -0.15) is 0 Å². The van der Waals surface area contributed by atoms with E-state index >= 15 is 0 Å². The fourth-order valence-corrected chi connectivity index (χ4v) is 3.46. The Kier molecular flexibility index (Phi) is 4.61. The van der Waals surface area contributed by atoms with Crippen molar-refractivity contribution >= 4 is 15.7 Å². The van der Waals surface area contributed by atoms with Crippen molar-refractivity contribution in [3.63, 3.8) is 0 Å². The monoisotopic (exact) mass is 321 g/mol. The van der Waals surface area contributed by atoms with Crippen LogP contribution < -0.4 is 14.2 Å². The van der Waals surface area contributed by atoms with Gasteiger partial charge in [0, 0.05) is 11.8 Å². The predicted octanol–water partition coefficient (Wildman–Crippen LogP) is 3.12. The Hall–Kier alpha value is -2.21. The minimum absolute atomic E-state index is 0.159. The molecule has 118 valence electrons. The lowest BCUT2D eigenvalue weighted by Gasteiger charge is -2.14. The smallest absolute Gasteiger partial charge is 0.262 e. The van der Waals surface area contributed by atoms with Crippen molar-refractivity contribution in [2.45, 2.75) is 18.7 Å². The molecule has 0 saturated carbocycles. The van der Waals surface area contributed by atoms with Gasteiger partial charge in [0.1, 0.15) is 0 Å². The Balaban J connectivity index is 2.45. The standard InChI is InChI=1S/C16H19NO4S/c1-11-6-5-7-13(8-11)17-22(18,19)16-10-15(21-4)14(20-3)9-12(16)2/h5-10,17H,1-4H3. The number of nitrogens with one attached hydrogen (secondary N) is 1. The number of sulfonamides is 1. The summed E-state index contributed by atoms with van der Waals surface area (Å²) in [5.74, 6) is 0.868. The molecule has 2 aromatic rings. The van der Waals surface area contributed by atoms with Gasteiger partial charge in [-0.05, 0) is 43.2 Å². The number of hydrogen-bond acceptors (Lipinski definition) is 4. The second-order valence-corrected chi connectivity index (χ2v) is 6.60. The minimum Gasteiger partial charge on any atom is -0.493 e. The molecule has 1 N–H and O–H groups in total. The molecule has 22 heavy (non-hydrogen) atoms. The molecule has 0 radical (unpaired) electrons. The van der Waals surface area contributed by atoms with Crippen molar-refractivity contribution in [2.24, 2.45) is 0 Å². The zero-order valence-corrected chi connectivity index (χ0v) is 13.8. The molecule has 6 heteroatoms. The lowest BCUT2D eigenvalue weighted by atomic mass is 10.2. The Labute approximate surface area is 130 Å². The van der Waals surface area contributed by atoms with Crippen molar-refractivity contribution < 1.29 is 17.9 Å². The Morgan fingerprint density at radius 3 is 2.18 bits per heavy atom. The zero-order valence-electron chi connectivity index (χ0n) is 13.0. The van der Waals surface area contributed by atoms with Crippen LogP contribution in [-0.4, -0.2) is 22.6 Å². The van der Waals surface area contributed by atoms with Crippen LogP contribution in [0.15, 0.2) is 41.3 Å². The number of hydrogen-bond donors (Lipinski definition) is 1.